The van der Waals surface area contributed by atoms with E-state index in [9.17, 15) is 18.0 Å². The summed E-state index contributed by atoms with van der Waals surface area (Å²) in [7, 11) is 0. The quantitative estimate of drug-likeness (QED) is 0.896. The normalized spacial score (nSPS) is 12.8. The van der Waals surface area contributed by atoms with E-state index in [1.165, 1.54) is 12.1 Å². The van der Waals surface area contributed by atoms with Gasteiger partial charge in [-0.05, 0) is 36.4 Å². The average molecular weight is 338 g/mol. The Balaban J connectivity index is 1.54. The number of nitrogens with one attached hydrogen (secondary N) is 2. The molecule has 0 bridgehead atoms. The lowest BCUT2D eigenvalue weighted by atomic mass is 10.2. The molecule has 2 aromatic carbocycles. The van der Waals surface area contributed by atoms with E-state index in [0.29, 0.717) is 22.9 Å². The van der Waals surface area contributed by atoms with Gasteiger partial charge in [-0.1, -0.05) is 0 Å². The van der Waals surface area contributed by atoms with E-state index < -0.39 is 11.7 Å². The molecule has 2 aromatic rings. The molecule has 0 fully saturated rings. The van der Waals surface area contributed by atoms with Crippen molar-refractivity contribution in [2.24, 2.45) is 0 Å². The summed E-state index contributed by atoms with van der Waals surface area (Å²) in [5.74, 6) is 0.813. The summed E-state index contributed by atoms with van der Waals surface area (Å²) < 4.78 is 47.8. The van der Waals surface area contributed by atoms with Crippen LogP contribution < -0.4 is 20.1 Å². The summed E-state index contributed by atoms with van der Waals surface area (Å²) in [6, 6.07) is 9.45. The molecule has 0 saturated heterocycles. The molecular formula is C16H13F3N2O3. The van der Waals surface area contributed by atoms with Crippen molar-refractivity contribution in [3.8, 4) is 11.5 Å². The van der Waals surface area contributed by atoms with Crippen LogP contribution in [-0.2, 0) is 11.0 Å². The molecule has 2 N–H and O–H groups in total. The van der Waals surface area contributed by atoms with Crippen LogP contribution in [0.1, 0.15) is 5.56 Å². The van der Waals surface area contributed by atoms with E-state index in [1.807, 2.05) is 0 Å². The third-order valence-corrected chi connectivity index (χ3v) is 3.32. The lowest BCUT2D eigenvalue weighted by Crippen LogP contribution is -2.21. The van der Waals surface area contributed by atoms with E-state index in [-0.39, 0.29) is 19.2 Å². The van der Waals surface area contributed by atoms with Gasteiger partial charge in [-0.2, -0.15) is 13.2 Å². The van der Waals surface area contributed by atoms with Crippen molar-refractivity contribution in [2.45, 2.75) is 6.18 Å². The van der Waals surface area contributed by atoms with Crippen LogP contribution in [0.25, 0.3) is 0 Å². The lowest BCUT2D eigenvalue weighted by molar-refractivity contribution is -0.137. The van der Waals surface area contributed by atoms with Crippen molar-refractivity contribution in [3.05, 3.63) is 48.0 Å². The van der Waals surface area contributed by atoms with Crippen molar-refractivity contribution < 1.29 is 27.4 Å². The van der Waals surface area contributed by atoms with E-state index >= 15 is 0 Å². The zero-order chi connectivity index (χ0) is 17.2. The van der Waals surface area contributed by atoms with Gasteiger partial charge in [-0.3, -0.25) is 4.79 Å². The Morgan fingerprint density at radius 2 is 1.67 bits per heavy atom. The van der Waals surface area contributed by atoms with Crippen LogP contribution in [0, 0.1) is 0 Å². The van der Waals surface area contributed by atoms with Gasteiger partial charge in [0.1, 0.15) is 0 Å². The van der Waals surface area contributed by atoms with Crippen LogP contribution in [0.4, 0.5) is 24.5 Å². The molecule has 0 saturated carbocycles. The van der Waals surface area contributed by atoms with Crippen molar-refractivity contribution in [1.29, 1.82) is 0 Å². The minimum absolute atomic E-state index is 0.0835. The van der Waals surface area contributed by atoms with Gasteiger partial charge in [0.25, 0.3) is 0 Å². The Morgan fingerprint density at radius 1 is 1.00 bits per heavy atom. The number of alkyl halides is 3. The number of anilines is 2. The molecule has 0 unspecified atom stereocenters. The first-order valence-corrected chi connectivity index (χ1v) is 7.02. The van der Waals surface area contributed by atoms with Crippen LogP contribution in [0.15, 0.2) is 42.5 Å². The van der Waals surface area contributed by atoms with Crippen molar-refractivity contribution >= 4 is 17.3 Å². The number of benzene rings is 2. The van der Waals surface area contributed by atoms with E-state index in [4.69, 9.17) is 9.47 Å². The average Bonchev–Trinajstić information content (AvgIpc) is 3.00. The standard InChI is InChI=1S/C16H13F3N2O3/c17-16(18,19)10-1-3-11(4-2-10)20-8-15(22)21-12-5-6-13-14(7-12)24-9-23-13/h1-7,20H,8-9H2,(H,21,22). The number of hydrogen-bond acceptors (Lipinski definition) is 4. The maximum Gasteiger partial charge on any atom is 0.416 e. The number of hydrogen-bond donors (Lipinski definition) is 2. The maximum absolute atomic E-state index is 12.5. The highest BCUT2D eigenvalue weighted by Crippen LogP contribution is 2.34. The van der Waals surface area contributed by atoms with Crippen molar-refractivity contribution in [3.63, 3.8) is 0 Å². The van der Waals surface area contributed by atoms with Crippen LogP contribution in [0.3, 0.4) is 0 Å². The monoisotopic (exact) mass is 338 g/mol. The Kier molecular flexibility index (Phi) is 4.20. The molecule has 1 aliphatic rings. The number of ether oxygens (including phenoxy) is 2. The Hall–Kier alpha value is -2.90. The number of fused-ring (bicyclic) bond motifs is 1. The first-order chi connectivity index (χ1) is 11.4. The lowest BCUT2D eigenvalue weighted by Gasteiger charge is -2.10. The largest absolute Gasteiger partial charge is 0.454 e. The molecule has 0 atom stereocenters. The highest BCUT2D eigenvalue weighted by atomic mass is 19.4. The fourth-order valence-corrected chi connectivity index (χ4v) is 2.14. The molecule has 126 valence electrons. The minimum atomic E-state index is -4.38. The molecule has 0 aliphatic carbocycles. The van der Waals surface area contributed by atoms with Gasteiger partial charge in [0.2, 0.25) is 12.7 Å². The van der Waals surface area contributed by atoms with Crippen LogP contribution in [-0.4, -0.2) is 19.2 Å². The summed E-state index contributed by atoms with van der Waals surface area (Å²) >= 11 is 0. The second kappa shape index (κ2) is 6.31. The van der Waals surface area contributed by atoms with Gasteiger partial charge in [-0.25, -0.2) is 0 Å². The molecule has 8 heteroatoms. The summed E-state index contributed by atoms with van der Waals surface area (Å²) in [5.41, 5.74) is 0.222. The molecule has 24 heavy (non-hydrogen) atoms. The van der Waals surface area contributed by atoms with Gasteiger partial charge in [0.05, 0.1) is 12.1 Å². The fraction of sp³-hybridized carbons (Fsp3) is 0.188. The number of halogens is 3. The smallest absolute Gasteiger partial charge is 0.416 e. The van der Waals surface area contributed by atoms with E-state index in [1.54, 1.807) is 18.2 Å². The SMILES string of the molecule is O=C(CNc1ccc(C(F)(F)F)cc1)Nc1ccc2c(c1)OCO2. The van der Waals surface area contributed by atoms with Gasteiger partial charge in [-0.15, -0.1) is 0 Å². The molecule has 0 spiro atoms. The first-order valence-electron chi connectivity index (χ1n) is 7.02. The number of carbonyl (C=O) groups is 1. The highest BCUT2D eigenvalue weighted by Gasteiger charge is 2.29. The van der Waals surface area contributed by atoms with Crippen LogP contribution >= 0.6 is 0 Å². The van der Waals surface area contributed by atoms with Crippen molar-refractivity contribution in [2.75, 3.05) is 24.0 Å². The van der Waals surface area contributed by atoms with Gasteiger partial charge >= 0.3 is 6.18 Å². The molecule has 1 heterocycles. The van der Waals surface area contributed by atoms with E-state index in [2.05, 4.69) is 10.6 Å². The van der Waals surface area contributed by atoms with Crippen molar-refractivity contribution in [1.82, 2.24) is 0 Å². The third kappa shape index (κ3) is 3.70. The Morgan fingerprint density at radius 3 is 2.38 bits per heavy atom. The highest BCUT2D eigenvalue weighted by molar-refractivity contribution is 5.94. The topological polar surface area (TPSA) is 59.6 Å². The van der Waals surface area contributed by atoms with Crippen LogP contribution in [0.2, 0.25) is 0 Å². The summed E-state index contributed by atoms with van der Waals surface area (Å²) in [6.07, 6.45) is -4.38. The predicted molar refractivity (Wildman–Crippen MR) is 81.1 cm³/mol. The fourth-order valence-electron chi connectivity index (χ4n) is 2.14. The van der Waals surface area contributed by atoms with Gasteiger partial charge in [0, 0.05) is 17.4 Å². The molecule has 5 nitrogen and oxygen atoms in total. The summed E-state index contributed by atoms with van der Waals surface area (Å²) in [4.78, 5) is 11.9. The molecule has 3 rings (SSSR count). The Labute approximate surface area is 135 Å². The van der Waals surface area contributed by atoms with Gasteiger partial charge in [0.15, 0.2) is 11.5 Å². The summed E-state index contributed by atoms with van der Waals surface area (Å²) in [6.45, 7) is 0.0576. The zero-order valence-electron chi connectivity index (χ0n) is 12.3. The number of rotatable bonds is 4. The number of carbonyl (C=O) groups excluding carboxylic acids is 1. The maximum atomic E-state index is 12.5. The molecular weight excluding hydrogens is 325 g/mol. The second-order valence-corrected chi connectivity index (χ2v) is 5.04. The molecule has 0 aromatic heterocycles. The second-order valence-electron chi connectivity index (χ2n) is 5.04. The molecule has 0 radical (unpaired) electrons. The first kappa shape index (κ1) is 16.0. The van der Waals surface area contributed by atoms with Gasteiger partial charge < -0.3 is 20.1 Å². The minimum Gasteiger partial charge on any atom is -0.454 e. The Bertz CT molecular complexity index is 745. The predicted octanol–water partition coefficient (Wildman–Crippen LogP) is 3.48. The zero-order valence-corrected chi connectivity index (χ0v) is 12.3. The van der Waals surface area contributed by atoms with E-state index in [0.717, 1.165) is 12.1 Å². The summed E-state index contributed by atoms with van der Waals surface area (Å²) in [5, 5.41) is 5.42. The van der Waals surface area contributed by atoms with Crippen LogP contribution in [0.5, 0.6) is 11.5 Å². The molecule has 1 aliphatic heterocycles. The molecule has 1 amide bonds. The third-order valence-electron chi connectivity index (χ3n) is 3.32. The number of amides is 1.